The van der Waals surface area contributed by atoms with Gasteiger partial charge in [0.15, 0.2) is 0 Å². The number of hydrogen-bond acceptors (Lipinski definition) is 3. The van der Waals surface area contributed by atoms with Crippen LogP contribution in [-0.2, 0) is 9.53 Å². The summed E-state index contributed by atoms with van der Waals surface area (Å²) in [4.78, 5) is 11.5. The molecule has 94 valence electrons. The first kappa shape index (κ1) is 13.5. The highest BCUT2D eigenvalue weighted by molar-refractivity contribution is 5.77. The summed E-state index contributed by atoms with van der Waals surface area (Å²) in [5.41, 5.74) is -0.278. The van der Waals surface area contributed by atoms with Crippen molar-refractivity contribution in [2.24, 2.45) is 0 Å². The SMILES string of the molecule is CC(C)(C)OCC(=O)NC1CCC(O)CC1. The molecule has 0 aliphatic heterocycles. The minimum Gasteiger partial charge on any atom is -0.393 e. The maximum atomic E-state index is 11.5. The molecule has 0 radical (unpaired) electrons. The van der Waals surface area contributed by atoms with Crippen molar-refractivity contribution in [1.82, 2.24) is 5.32 Å². The quantitative estimate of drug-likeness (QED) is 0.765. The number of ether oxygens (including phenoxy) is 1. The standard InChI is InChI=1S/C12H23NO3/c1-12(2,3)16-8-11(15)13-9-4-6-10(14)7-5-9/h9-10,14H,4-8H2,1-3H3,(H,13,15). The van der Waals surface area contributed by atoms with E-state index in [0.29, 0.717) is 0 Å². The minimum absolute atomic E-state index is 0.0590. The van der Waals surface area contributed by atoms with Crippen LogP contribution in [0.3, 0.4) is 0 Å². The predicted molar refractivity (Wildman–Crippen MR) is 62.1 cm³/mol. The lowest BCUT2D eigenvalue weighted by Crippen LogP contribution is -2.41. The summed E-state index contributed by atoms with van der Waals surface area (Å²) in [5, 5.41) is 12.3. The normalized spacial score (nSPS) is 26.5. The number of nitrogens with one attached hydrogen (secondary N) is 1. The van der Waals surface area contributed by atoms with Gasteiger partial charge >= 0.3 is 0 Å². The van der Waals surface area contributed by atoms with Crippen molar-refractivity contribution in [2.45, 2.75) is 64.2 Å². The van der Waals surface area contributed by atoms with Crippen LogP contribution in [0.5, 0.6) is 0 Å². The van der Waals surface area contributed by atoms with Crippen LogP contribution in [0, 0.1) is 0 Å². The Hall–Kier alpha value is -0.610. The molecule has 1 rings (SSSR count). The highest BCUT2D eigenvalue weighted by Gasteiger charge is 2.21. The predicted octanol–water partition coefficient (Wildman–Crippen LogP) is 1.22. The van der Waals surface area contributed by atoms with Gasteiger partial charge in [-0.2, -0.15) is 0 Å². The second-order valence-corrected chi connectivity index (χ2v) is 5.47. The van der Waals surface area contributed by atoms with E-state index < -0.39 is 0 Å². The lowest BCUT2D eigenvalue weighted by Gasteiger charge is -2.27. The van der Waals surface area contributed by atoms with Crippen molar-refractivity contribution in [3.8, 4) is 0 Å². The van der Waals surface area contributed by atoms with Crippen LogP contribution < -0.4 is 5.32 Å². The smallest absolute Gasteiger partial charge is 0.246 e. The van der Waals surface area contributed by atoms with E-state index in [1.165, 1.54) is 0 Å². The highest BCUT2D eigenvalue weighted by atomic mass is 16.5. The summed E-state index contributed by atoms with van der Waals surface area (Å²) in [5.74, 6) is -0.0590. The van der Waals surface area contributed by atoms with Gasteiger partial charge in [-0.15, -0.1) is 0 Å². The summed E-state index contributed by atoms with van der Waals surface area (Å²) in [6.07, 6.45) is 3.11. The molecular weight excluding hydrogens is 206 g/mol. The molecular formula is C12H23NO3. The maximum absolute atomic E-state index is 11.5. The van der Waals surface area contributed by atoms with Crippen molar-refractivity contribution >= 4 is 5.91 Å². The van der Waals surface area contributed by atoms with Crippen LogP contribution in [0.4, 0.5) is 0 Å². The molecule has 0 bridgehead atoms. The van der Waals surface area contributed by atoms with Crippen LogP contribution in [0.1, 0.15) is 46.5 Å². The fourth-order valence-corrected chi connectivity index (χ4v) is 1.77. The number of carbonyl (C=O) groups is 1. The number of hydrogen-bond donors (Lipinski definition) is 2. The molecule has 1 aliphatic carbocycles. The zero-order valence-corrected chi connectivity index (χ0v) is 10.5. The fourth-order valence-electron chi connectivity index (χ4n) is 1.77. The van der Waals surface area contributed by atoms with Gasteiger partial charge in [0.25, 0.3) is 0 Å². The lowest BCUT2D eigenvalue weighted by atomic mass is 9.93. The van der Waals surface area contributed by atoms with E-state index in [1.807, 2.05) is 20.8 Å². The van der Waals surface area contributed by atoms with Gasteiger partial charge in [-0.05, 0) is 46.5 Å². The summed E-state index contributed by atoms with van der Waals surface area (Å²) >= 11 is 0. The summed E-state index contributed by atoms with van der Waals surface area (Å²) in [6, 6.07) is 0.208. The Morgan fingerprint density at radius 3 is 2.38 bits per heavy atom. The number of aliphatic hydroxyl groups excluding tert-OH is 1. The zero-order valence-electron chi connectivity index (χ0n) is 10.5. The summed E-state index contributed by atoms with van der Waals surface area (Å²) < 4.78 is 5.39. The van der Waals surface area contributed by atoms with E-state index in [9.17, 15) is 9.90 Å². The Bertz CT molecular complexity index is 227. The molecule has 1 amide bonds. The summed E-state index contributed by atoms with van der Waals surface area (Å²) in [6.45, 7) is 5.90. The van der Waals surface area contributed by atoms with Gasteiger partial charge in [0.05, 0.1) is 11.7 Å². The van der Waals surface area contributed by atoms with Crippen LogP contribution >= 0.6 is 0 Å². The second kappa shape index (κ2) is 5.64. The van der Waals surface area contributed by atoms with Crippen molar-refractivity contribution in [3.63, 3.8) is 0 Å². The van der Waals surface area contributed by atoms with Crippen LogP contribution in [0.15, 0.2) is 0 Å². The lowest BCUT2D eigenvalue weighted by molar-refractivity contribution is -0.131. The highest BCUT2D eigenvalue weighted by Crippen LogP contribution is 2.18. The number of carbonyl (C=O) groups excluding carboxylic acids is 1. The molecule has 4 heteroatoms. The van der Waals surface area contributed by atoms with Gasteiger partial charge in [-0.25, -0.2) is 0 Å². The van der Waals surface area contributed by atoms with Crippen LogP contribution in [-0.4, -0.2) is 35.4 Å². The largest absolute Gasteiger partial charge is 0.393 e. The third kappa shape index (κ3) is 5.47. The number of aliphatic hydroxyl groups is 1. The molecule has 1 aliphatic rings. The van der Waals surface area contributed by atoms with Gasteiger partial charge in [0.2, 0.25) is 5.91 Å². The third-order valence-electron chi connectivity index (χ3n) is 2.70. The van der Waals surface area contributed by atoms with Gasteiger partial charge in [0.1, 0.15) is 6.61 Å². The van der Waals surface area contributed by atoms with Crippen molar-refractivity contribution in [1.29, 1.82) is 0 Å². The first-order valence-electron chi connectivity index (χ1n) is 5.98. The monoisotopic (exact) mass is 229 g/mol. The fraction of sp³-hybridized carbons (Fsp3) is 0.917. The van der Waals surface area contributed by atoms with E-state index in [-0.39, 0.29) is 30.3 Å². The Balaban J connectivity index is 2.19. The Morgan fingerprint density at radius 2 is 1.88 bits per heavy atom. The molecule has 2 N–H and O–H groups in total. The van der Waals surface area contributed by atoms with Gasteiger partial charge in [-0.3, -0.25) is 4.79 Å². The molecule has 0 aromatic carbocycles. The summed E-state index contributed by atoms with van der Waals surface area (Å²) in [7, 11) is 0. The van der Waals surface area contributed by atoms with E-state index >= 15 is 0 Å². The Labute approximate surface area is 97.4 Å². The third-order valence-corrected chi connectivity index (χ3v) is 2.70. The molecule has 0 saturated heterocycles. The van der Waals surface area contributed by atoms with Crippen molar-refractivity contribution in [2.75, 3.05) is 6.61 Å². The first-order chi connectivity index (χ1) is 7.37. The molecule has 0 atom stereocenters. The van der Waals surface area contributed by atoms with Crippen LogP contribution in [0.2, 0.25) is 0 Å². The minimum atomic E-state index is -0.278. The van der Waals surface area contributed by atoms with E-state index in [2.05, 4.69) is 5.32 Å². The van der Waals surface area contributed by atoms with E-state index in [4.69, 9.17) is 4.74 Å². The molecule has 1 saturated carbocycles. The van der Waals surface area contributed by atoms with Gasteiger partial charge in [-0.1, -0.05) is 0 Å². The van der Waals surface area contributed by atoms with Gasteiger partial charge in [0, 0.05) is 6.04 Å². The van der Waals surface area contributed by atoms with Gasteiger partial charge < -0.3 is 15.2 Å². The second-order valence-electron chi connectivity index (χ2n) is 5.47. The molecule has 4 nitrogen and oxygen atoms in total. The topological polar surface area (TPSA) is 58.6 Å². The number of amides is 1. The average Bonchev–Trinajstić information content (AvgIpc) is 2.18. The maximum Gasteiger partial charge on any atom is 0.246 e. The number of rotatable bonds is 3. The Kier molecular flexibility index (Phi) is 4.74. The molecule has 0 spiro atoms. The van der Waals surface area contributed by atoms with E-state index in [1.54, 1.807) is 0 Å². The van der Waals surface area contributed by atoms with Crippen LogP contribution in [0.25, 0.3) is 0 Å². The Morgan fingerprint density at radius 1 is 1.31 bits per heavy atom. The first-order valence-corrected chi connectivity index (χ1v) is 5.98. The van der Waals surface area contributed by atoms with E-state index in [0.717, 1.165) is 25.7 Å². The molecule has 0 aromatic heterocycles. The van der Waals surface area contributed by atoms with Crippen molar-refractivity contribution in [3.05, 3.63) is 0 Å². The molecule has 1 fully saturated rings. The zero-order chi connectivity index (χ0) is 12.2. The molecule has 16 heavy (non-hydrogen) atoms. The molecule has 0 unspecified atom stereocenters. The average molecular weight is 229 g/mol. The molecule has 0 heterocycles. The molecule has 0 aromatic rings. The van der Waals surface area contributed by atoms with Crippen molar-refractivity contribution < 1.29 is 14.6 Å².